The Morgan fingerprint density at radius 3 is 2.83 bits per heavy atom. The van der Waals surface area contributed by atoms with Gasteiger partial charge < -0.3 is 14.2 Å². The number of nitrogens with one attached hydrogen (secondary N) is 1. The van der Waals surface area contributed by atoms with E-state index in [1.807, 2.05) is 35.7 Å². The lowest BCUT2D eigenvalue weighted by molar-refractivity contribution is 0.447. The molecule has 120 valence electrons. The van der Waals surface area contributed by atoms with Crippen LogP contribution in [-0.2, 0) is 5.75 Å². The first-order chi connectivity index (χ1) is 11.9. The van der Waals surface area contributed by atoms with Gasteiger partial charge in [0.15, 0.2) is 10.9 Å². The van der Waals surface area contributed by atoms with Crippen LogP contribution in [0.5, 0.6) is 0 Å². The fourth-order valence-electron chi connectivity index (χ4n) is 1.98. The van der Waals surface area contributed by atoms with Gasteiger partial charge in [-0.15, -0.1) is 21.5 Å². The summed E-state index contributed by atoms with van der Waals surface area (Å²) in [5, 5.41) is 14.6. The molecule has 0 aliphatic carbocycles. The van der Waals surface area contributed by atoms with Gasteiger partial charge in [0.1, 0.15) is 0 Å². The van der Waals surface area contributed by atoms with E-state index in [1.54, 1.807) is 29.7 Å². The lowest BCUT2D eigenvalue weighted by Gasteiger charge is -2.00. The van der Waals surface area contributed by atoms with Crippen molar-refractivity contribution in [1.29, 1.82) is 0 Å². The largest absolute Gasteiger partial charge is 0.459 e. The molecule has 0 amide bonds. The van der Waals surface area contributed by atoms with Gasteiger partial charge in [-0.1, -0.05) is 30.0 Å². The van der Waals surface area contributed by atoms with Crippen LogP contribution in [0.1, 0.15) is 5.69 Å². The molecule has 4 aromatic rings. The average Bonchev–Trinajstić information content (AvgIpc) is 3.35. The maximum absolute atomic E-state index is 5.56. The predicted molar refractivity (Wildman–Crippen MR) is 93.4 cm³/mol. The summed E-state index contributed by atoms with van der Waals surface area (Å²) in [7, 11) is 0. The molecule has 1 aromatic carbocycles. The molecule has 3 aromatic heterocycles. The van der Waals surface area contributed by atoms with Crippen LogP contribution in [0.15, 0.2) is 68.2 Å². The Balaban J connectivity index is 1.36. The van der Waals surface area contributed by atoms with Gasteiger partial charge >= 0.3 is 0 Å². The molecular formula is C16H12N4O2S2. The molecule has 0 saturated carbocycles. The standard InChI is InChI=1S/C16H12N4O2S2/c1-2-5-11(6-3-1)17-15-18-12(9-23-15)10-24-16-20-19-14(22-16)13-7-4-8-21-13/h1-9H,10H2,(H,17,18). The molecule has 1 N–H and O–H groups in total. The van der Waals surface area contributed by atoms with Gasteiger partial charge in [-0.25, -0.2) is 4.98 Å². The number of furan rings is 1. The Hall–Kier alpha value is -2.58. The number of thioether (sulfide) groups is 1. The average molecular weight is 356 g/mol. The van der Waals surface area contributed by atoms with Crippen LogP contribution in [0.3, 0.4) is 0 Å². The minimum absolute atomic E-state index is 0.382. The van der Waals surface area contributed by atoms with Crippen molar-refractivity contribution < 1.29 is 8.83 Å². The third kappa shape index (κ3) is 3.50. The number of hydrogen-bond donors (Lipinski definition) is 1. The van der Waals surface area contributed by atoms with E-state index >= 15 is 0 Å². The minimum atomic E-state index is 0.382. The van der Waals surface area contributed by atoms with Crippen molar-refractivity contribution in [3.05, 3.63) is 59.8 Å². The number of anilines is 2. The van der Waals surface area contributed by atoms with Crippen molar-refractivity contribution >= 4 is 33.9 Å². The van der Waals surface area contributed by atoms with E-state index in [4.69, 9.17) is 8.83 Å². The van der Waals surface area contributed by atoms with Crippen LogP contribution in [0.4, 0.5) is 10.8 Å². The van der Waals surface area contributed by atoms with Gasteiger partial charge in [0.25, 0.3) is 11.1 Å². The summed E-state index contributed by atoms with van der Waals surface area (Å²) in [4.78, 5) is 4.56. The maximum Gasteiger partial charge on any atom is 0.284 e. The highest BCUT2D eigenvalue weighted by Gasteiger charge is 2.12. The maximum atomic E-state index is 5.56. The molecule has 8 heteroatoms. The quantitative estimate of drug-likeness (QED) is 0.496. The lowest BCUT2D eigenvalue weighted by atomic mass is 10.3. The highest BCUT2D eigenvalue weighted by molar-refractivity contribution is 7.98. The monoisotopic (exact) mass is 356 g/mol. The van der Waals surface area contributed by atoms with Gasteiger partial charge in [-0.2, -0.15) is 0 Å². The summed E-state index contributed by atoms with van der Waals surface area (Å²) >= 11 is 3.01. The fraction of sp³-hybridized carbons (Fsp3) is 0.0625. The van der Waals surface area contributed by atoms with Crippen LogP contribution in [0.2, 0.25) is 0 Å². The van der Waals surface area contributed by atoms with Gasteiger partial charge in [0.2, 0.25) is 0 Å². The van der Waals surface area contributed by atoms with Crippen LogP contribution in [0, 0.1) is 0 Å². The predicted octanol–water partition coefficient (Wildman–Crippen LogP) is 4.82. The van der Waals surface area contributed by atoms with Gasteiger partial charge in [-0.05, 0) is 24.3 Å². The third-order valence-corrected chi connectivity index (χ3v) is 4.72. The Morgan fingerprint density at radius 2 is 2.00 bits per heavy atom. The van der Waals surface area contributed by atoms with E-state index in [0.717, 1.165) is 16.5 Å². The Morgan fingerprint density at radius 1 is 1.08 bits per heavy atom. The van der Waals surface area contributed by atoms with Crippen LogP contribution in [0.25, 0.3) is 11.7 Å². The van der Waals surface area contributed by atoms with Crippen LogP contribution < -0.4 is 5.32 Å². The van der Waals surface area contributed by atoms with E-state index in [0.29, 0.717) is 22.6 Å². The molecule has 0 atom stereocenters. The summed E-state index contributed by atoms with van der Waals surface area (Å²) in [6.45, 7) is 0. The van der Waals surface area contributed by atoms with E-state index in [2.05, 4.69) is 20.5 Å². The molecule has 0 fully saturated rings. The van der Waals surface area contributed by atoms with Crippen LogP contribution >= 0.6 is 23.1 Å². The number of benzene rings is 1. The number of thiazole rings is 1. The highest BCUT2D eigenvalue weighted by atomic mass is 32.2. The zero-order valence-corrected chi connectivity index (χ0v) is 14.0. The van der Waals surface area contributed by atoms with E-state index < -0.39 is 0 Å². The molecular weight excluding hydrogens is 344 g/mol. The first-order valence-electron chi connectivity index (χ1n) is 7.13. The second-order valence-electron chi connectivity index (χ2n) is 4.77. The summed E-state index contributed by atoms with van der Waals surface area (Å²) in [6.07, 6.45) is 1.57. The van der Waals surface area contributed by atoms with Gasteiger partial charge in [0.05, 0.1) is 12.0 Å². The Kier molecular flexibility index (Phi) is 4.30. The minimum Gasteiger partial charge on any atom is -0.459 e. The summed E-state index contributed by atoms with van der Waals surface area (Å²) in [6, 6.07) is 13.5. The fourth-order valence-corrected chi connectivity index (χ4v) is 3.47. The van der Waals surface area contributed by atoms with Crippen molar-refractivity contribution in [2.45, 2.75) is 11.0 Å². The lowest BCUT2D eigenvalue weighted by Crippen LogP contribution is -1.89. The summed E-state index contributed by atoms with van der Waals surface area (Å²) < 4.78 is 10.8. The zero-order valence-electron chi connectivity index (χ0n) is 12.4. The van der Waals surface area contributed by atoms with Crippen molar-refractivity contribution in [1.82, 2.24) is 15.2 Å². The molecule has 0 aliphatic heterocycles. The van der Waals surface area contributed by atoms with E-state index in [1.165, 1.54) is 11.8 Å². The first-order valence-corrected chi connectivity index (χ1v) is 9.00. The first kappa shape index (κ1) is 15.0. The normalized spacial score (nSPS) is 10.8. The summed E-state index contributed by atoms with van der Waals surface area (Å²) in [5.41, 5.74) is 1.98. The number of nitrogens with zero attached hydrogens (tertiary/aromatic N) is 3. The smallest absolute Gasteiger partial charge is 0.284 e. The van der Waals surface area contributed by atoms with Gasteiger partial charge in [0, 0.05) is 16.8 Å². The zero-order chi connectivity index (χ0) is 16.2. The Labute approximate surface area is 145 Å². The van der Waals surface area contributed by atoms with Crippen LogP contribution in [-0.4, -0.2) is 15.2 Å². The molecule has 0 spiro atoms. The molecule has 3 heterocycles. The number of para-hydroxylation sites is 1. The van der Waals surface area contributed by atoms with E-state index in [-0.39, 0.29) is 0 Å². The molecule has 0 saturated heterocycles. The van der Waals surface area contributed by atoms with Crippen molar-refractivity contribution in [3.63, 3.8) is 0 Å². The van der Waals surface area contributed by atoms with Crippen molar-refractivity contribution in [2.75, 3.05) is 5.32 Å². The molecule has 6 nitrogen and oxygen atoms in total. The topological polar surface area (TPSA) is 77.0 Å². The SMILES string of the molecule is c1ccc(Nc2nc(CSc3nnc(-c4ccco4)o3)cs2)cc1. The van der Waals surface area contributed by atoms with Crippen molar-refractivity contribution in [3.8, 4) is 11.7 Å². The number of aromatic nitrogens is 3. The molecule has 0 bridgehead atoms. The highest BCUT2D eigenvalue weighted by Crippen LogP contribution is 2.28. The molecule has 4 rings (SSSR count). The second-order valence-corrected chi connectivity index (χ2v) is 6.56. The molecule has 0 unspecified atom stereocenters. The molecule has 0 aliphatic rings. The number of rotatable bonds is 6. The van der Waals surface area contributed by atoms with Crippen molar-refractivity contribution in [2.24, 2.45) is 0 Å². The Bertz CT molecular complexity index is 903. The third-order valence-electron chi connectivity index (χ3n) is 3.06. The summed E-state index contributed by atoms with van der Waals surface area (Å²) in [5.74, 6) is 1.61. The second kappa shape index (κ2) is 6.90. The van der Waals surface area contributed by atoms with E-state index in [9.17, 15) is 0 Å². The van der Waals surface area contributed by atoms with Gasteiger partial charge in [-0.3, -0.25) is 0 Å². The number of hydrogen-bond acceptors (Lipinski definition) is 8. The molecule has 24 heavy (non-hydrogen) atoms. The molecule has 0 radical (unpaired) electrons.